The van der Waals surface area contributed by atoms with Gasteiger partial charge in [-0.3, -0.25) is 4.79 Å². The van der Waals surface area contributed by atoms with Crippen molar-refractivity contribution in [3.8, 4) is 0 Å². The maximum Gasteiger partial charge on any atom is 0.315 e. The van der Waals surface area contributed by atoms with Crippen LogP contribution >= 0.6 is 0 Å². The highest BCUT2D eigenvalue weighted by Crippen LogP contribution is 2.40. The maximum absolute atomic E-state index is 13.2. The monoisotopic (exact) mass is 320 g/mol. The minimum atomic E-state index is -0.746. The van der Waals surface area contributed by atoms with E-state index in [-0.39, 0.29) is 35.8 Å². The molecule has 0 unspecified atom stereocenters. The van der Waals surface area contributed by atoms with Crippen molar-refractivity contribution in [1.29, 1.82) is 0 Å². The minimum absolute atomic E-state index is 0.0389. The molecule has 2 fully saturated rings. The molecule has 124 valence electrons. The second-order valence-corrected chi connectivity index (χ2v) is 6.51. The number of carbonyl (C=O) groups excluding carboxylic acids is 1. The summed E-state index contributed by atoms with van der Waals surface area (Å²) in [6, 6.07) is 6.35. The highest BCUT2D eigenvalue weighted by Gasteiger charge is 2.40. The van der Waals surface area contributed by atoms with Gasteiger partial charge in [-0.05, 0) is 49.8 Å². The fourth-order valence-corrected chi connectivity index (χ4v) is 3.34. The zero-order valence-electron chi connectivity index (χ0n) is 12.8. The van der Waals surface area contributed by atoms with Gasteiger partial charge in [0.2, 0.25) is 0 Å². The molecular weight excluding hydrogens is 299 g/mol. The summed E-state index contributed by atoms with van der Waals surface area (Å²) >= 11 is 0. The number of nitrogens with one attached hydrogen (secondary N) is 2. The van der Waals surface area contributed by atoms with Crippen LogP contribution in [0.4, 0.5) is 9.18 Å². The maximum atomic E-state index is 13.2. The number of carboxylic acids is 1. The molecule has 0 saturated heterocycles. The van der Waals surface area contributed by atoms with Gasteiger partial charge in [0, 0.05) is 18.0 Å². The summed E-state index contributed by atoms with van der Waals surface area (Å²) in [6.07, 6.45) is 3.43. The number of hydrogen-bond acceptors (Lipinski definition) is 2. The van der Waals surface area contributed by atoms with Crippen LogP contribution in [0.15, 0.2) is 24.3 Å². The van der Waals surface area contributed by atoms with Crippen LogP contribution in [0.2, 0.25) is 0 Å². The zero-order chi connectivity index (χ0) is 16.4. The molecule has 2 atom stereocenters. The summed E-state index contributed by atoms with van der Waals surface area (Å²) in [6.45, 7) is 0. The van der Waals surface area contributed by atoms with Crippen molar-refractivity contribution in [1.82, 2.24) is 10.6 Å². The number of hydrogen-bond donors (Lipinski definition) is 3. The zero-order valence-corrected chi connectivity index (χ0v) is 12.8. The van der Waals surface area contributed by atoms with Gasteiger partial charge < -0.3 is 15.7 Å². The van der Waals surface area contributed by atoms with Crippen molar-refractivity contribution < 1.29 is 19.1 Å². The minimum Gasteiger partial charge on any atom is -0.481 e. The Morgan fingerprint density at radius 1 is 1.13 bits per heavy atom. The number of carbonyl (C=O) groups is 2. The van der Waals surface area contributed by atoms with E-state index in [4.69, 9.17) is 5.11 Å². The van der Waals surface area contributed by atoms with E-state index in [1.54, 1.807) is 6.07 Å². The third-order valence-electron chi connectivity index (χ3n) is 4.80. The van der Waals surface area contributed by atoms with Gasteiger partial charge in [-0.25, -0.2) is 9.18 Å². The van der Waals surface area contributed by atoms with Gasteiger partial charge in [0.25, 0.3) is 0 Å². The first kappa shape index (κ1) is 15.8. The summed E-state index contributed by atoms with van der Waals surface area (Å²) in [7, 11) is 0. The number of amides is 2. The first-order chi connectivity index (χ1) is 11.0. The lowest BCUT2D eigenvalue weighted by Gasteiger charge is -2.26. The molecule has 3 rings (SSSR count). The molecule has 0 bridgehead atoms. The van der Waals surface area contributed by atoms with E-state index >= 15 is 0 Å². The van der Waals surface area contributed by atoms with E-state index in [0.29, 0.717) is 25.7 Å². The molecule has 2 saturated carbocycles. The average molecular weight is 320 g/mol. The molecule has 5 nitrogen and oxygen atoms in total. The second-order valence-electron chi connectivity index (χ2n) is 6.51. The predicted molar refractivity (Wildman–Crippen MR) is 82.6 cm³/mol. The first-order valence-electron chi connectivity index (χ1n) is 8.08. The van der Waals surface area contributed by atoms with Crippen molar-refractivity contribution in [3.63, 3.8) is 0 Å². The SMILES string of the molecule is O=C(NC1CCC(C(=O)O)CC1)N[C@@H]1C[C@H]1c1cccc(F)c1. The van der Waals surface area contributed by atoms with Crippen LogP contribution < -0.4 is 10.6 Å². The lowest BCUT2D eigenvalue weighted by molar-refractivity contribution is -0.142. The van der Waals surface area contributed by atoms with Gasteiger partial charge in [0.1, 0.15) is 5.82 Å². The predicted octanol–water partition coefficient (Wildman–Crippen LogP) is 2.62. The molecule has 3 N–H and O–H groups in total. The fraction of sp³-hybridized carbons (Fsp3) is 0.529. The summed E-state index contributed by atoms with van der Waals surface area (Å²) in [5.74, 6) is -1.10. The number of rotatable bonds is 4. The van der Waals surface area contributed by atoms with Crippen LogP contribution in [0.5, 0.6) is 0 Å². The van der Waals surface area contributed by atoms with Crippen LogP contribution in [-0.2, 0) is 4.79 Å². The van der Waals surface area contributed by atoms with E-state index in [1.165, 1.54) is 12.1 Å². The van der Waals surface area contributed by atoms with Gasteiger partial charge >= 0.3 is 12.0 Å². The molecule has 0 aromatic heterocycles. The molecule has 2 aliphatic carbocycles. The van der Waals surface area contributed by atoms with Crippen LogP contribution in [0.25, 0.3) is 0 Å². The summed E-state index contributed by atoms with van der Waals surface area (Å²) in [4.78, 5) is 22.9. The van der Waals surface area contributed by atoms with Crippen molar-refractivity contribution in [2.75, 3.05) is 0 Å². The number of aliphatic carboxylic acids is 1. The van der Waals surface area contributed by atoms with Crippen molar-refractivity contribution in [2.24, 2.45) is 5.92 Å². The Hall–Kier alpha value is -2.11. The number of benzene rings is 1. The number of carboxylic acid groups (broad SMARTS) is 1. The molecule has 23 heavy (non-hydrogen) atoms. The van der Waals surface area contributed by atoms with Crippen molar-refractivity contribution in [2.45, 2.75) is 50.1 Å². The smallest absolute Gasteiger partial charge is 0.315 e. The molecule has 1 aromatic rings. The average Bonchev–Trinajstić information content (AvgIpc) is 3.26. The van der Waals surface area contributed by atoms with E-state index < -0.39 is 5.97 Å². The molecule has 0 heterocycles. The highest BCUT2D eigenvalue weighted by molar-refractivity contribution is 5.75. The lowest BCUT2D eigenvalue weighted by atomic mass is 9.86. The highest BCUT2D eigenvalue weighted by atomic mass is 19.1. The number of halogens is 1. The van der Waals surface area contributed by atoms with Gasteiger partial charge in [0.05, 0.1) is 5.92 Å². The van der Waals surface area contributed by atoms with E-state index in [9.17, 15) is 14.0 Å². The van der Waals surface area contributed by atoms with E-state index in [2.05, 4.69) is 10.6 Å². The Morgan fingerprint density at radius 2 is 1.87 bits per heavy atom. The van der Waals surface area contributed by atoms with Crippen LogP contribution in [0.1, 0.15) is 43.6 Å². The molecule has 6 heteroatoms. The molecule has 1 aromatic carbocycles. The van der Waals surface area contributed by atoms with Crippen molar-refractivity contribution >= 4 is 12.0 Å². The van der Waals surface area contributed by atoms with Gasteiger partial charge in [-0.15, -0.1) is 0 Å². The molecule has 0 aliphatic heterocycles. The van der Waals surface area contributed by atoms with Gasteiger partial charge in [-0.1, -0.05) is 12.1 Å². The van der Waals surface area contributed by atoms with Crippen molar-refractivity contribution in [3.05, 3.63) is 35.6 Å². The van der Waals surface area contributed by atoms with E-state index in [0.717, 1.165) is 12.0 Å². The standard InChI is InChI=1S/C17H21FN2O3/c18-12-3-1-2-11(8-12)14-9-15(14)20-17(23)19-13-6-4-10(5-7-13)16(21)22/h1-3,8,10,13-15H,4-7,9H2,(H,21,22)(H2,19,20,23)/t10?,13?,14-,15+/m0/s1. The molecular formula is C17H21FN2O3. The Kier molecular flexibility index (Phi) is 4.50. The molecule has 2 amide bonds. The van der Waals surface area contributed by atoms with Crippen LogP contribution in [0, 0.1) is 11.7 Å². The number of urea groups is 1. The lowest BCUT2D eigenvalue weighted by Crippen LogP contribution is -2.45. The van der Waals surface area contributed by atoms with Crippen LogP contribution in [0.3, 0.4) is 0 Å². The van der Waals surface area contributed by atoms with E-state index in [1.807, 2.05) is 6.07 Å². The Labute approximate surface area is 134 Å². The second kappa shape index (κ2) is 6.56. The topological polar surface area (TPSA) is 78.4 Å². The normalized spacial score (nSPS) is 29.6. The summed E-state index contributed by atoms with van der Waals surface area (Å²) < 4.78 is 13.2. The van der Waals surface area contributed by atoms with Gasteiger partial charge in [-0.2, -0.15) is 0 Å². The Bertz CT molecular complexity index is 599. The molecule has 0 radical (unpaired) electrons. The van der Waals surface area contributed by atoms with Gasteiger partial charge in [0.15, 0.2) is 0 Å². The summed E-state index contributed by atoms with van der Waals surface area (Å²) in [5.41, 5.74) is 0.914. The Morgan fingerprint density at radius 3 is 2.52 bits per heavy atom. The van der Waals surface area contributed by atoms with Crippen LogP contribution in [-0.4, -0.2) is 29.2 Å². The quantitative estimate of drug-likeness (QED) is 0.798. The molecule has 2 aliphatic rings. The third-order valence-corrected chi connectivity index (χ3v) is 4.80. The molecule has 0 spiro atoms. The third kappa shape index (κ3) is 4.00. The Balaban J connectivity index is 1.42. The largest absolute Gasteiger partial charge is 0.481 e. The fourth-order valence-electron chi connectivity index (χ4n) is 3.34. The summed E-state index contributed by atoms with van der Waals surface area (Å²) in [5, 5.41) is 14.8. The first-order valence-corrected chi connectivity index (χ1v) is 8.08.